The summed E-state index contributed by atoms with van der Waals surface area (Å²) < 4.78 is 21.9. The predicted molar refractivity (Wildman–Crippen MR) is 326 cm³/mol. The Bertz CT molecular complexity index is 1820. The van der Waals surface area contributed by atoms with Crippen molar-refractivity contribution in [2.45, 2.75) is 303 Å². The Morgan fingerprint density at radius 1 is 0.524 bits per heavy atom. The van der Waals surface area contributed by atoms with Crippen LogP contribution in [0.15, 0.2) is 47.3 Å². The van der Waals surface area contributed by atoms with E-state index in [1.807, 2.05) is 5.32 Å². The molecule has 1 aromatic rings. The van der Waals surface area contributed by atoms with Crippen molar-refractivity contribution >= 4 is 36.0 Å². The van der Waals surface area contributed by atoms with Crippen molar-refractivity contribution in [2.24, 2.45) is 0 Å². The molecule has 1 heterocycles. The third kappa shape index (κ3) is 56.6. The molecule has 1 rings (SSSR count). The SMILES string of the molecule is CCCCCCC(O)C/C=C/CCCCCCCC(=O)OCC(COC(=O)CCCCCCC/C=C/CC(O)CCCCCC)OC(=O)CCCCCCC/C=C/CC(CCCCCC)OC([NH-])=O.Cc1cc(=O)[nH]c(NC([NH-])=O)n1.[Y]. The number of ether oxygens (including phenoxy) is 4. The number of urea groups is 1. The molecule has 3 unspecified atom stereocenters. The van der Waals surface area contributed by atoms with Crippen molar-refractivity contribution < 1.29 is 85.8 Å². The summed E-state index contributed by atoms with van der Waals surface area (Å²) in [5.74, 6) is -1.09. The fourth-order valence-corrected chi connectivity index (χ4v) is 8.94. The summed E-state index contributed by atoms with van der Waals surface area (Å²) in [6, 6.07) is 0.281. The van der Waals surface area contributed by atoms with Gasteiger partial charge < -0.3 is 50.9 Å². The zero-order chi connectivity index (χ0) is 59.8. The summed E-state index contributed by atoms with van der Waals surface area (Å²) in [5, 5.41) is 22.3. The van der Waals surface area contributed by atoms with Gasteiger partial charge in [0.15, 0.2) is 12.1 Å². The van der Waals surface area contributed by atoms with Crippen LogP contribution in [0.3, 0.4) is 0 Å². The first-order chi connectivity index (χ1) is 39.2. The number of anilines is 1. The second-order valence-electron chi connectivity index (χ2n) is 21.6. The van der Waals surface area contributed by atoms with E-state index in [9.17, 15) is 39.0 Å². The van der Waals surface area contributed by atoms with Crippen LogP contribution < -0.4 is 10.9 Å². The van der Waals surface area contributed by atoms with E-state index in [-0.39, 0.29) is 107 Å². The Balaban J connectivity index is 0. The maximum Gasteiger partial charge on any atom is 0.306 e. The Morgan fingerprint density at radius 3 is 1.33 bits per heavy atom. The summed E-state index contributed by atoms with van der Waals surface area (Å²) in [6.07, 6.45) is 46.7. The number of rotatable bonds is 52. The third-order valence-corrected chi connectivity index (χ3v) is 13.7. The molecule has 0 saturated carbocycles. The van der Waals surface area contributed by atoms with Crippen LogP contribution in [0.2, 0.25) is 0 Å². The molecule has 0 saturated heterocycles. The number of aryl methyl sites for hydroxylation is 1. The molecule has 17 nitrogen and oxygen atoms in total. The van der Waals surface area contributed by atoms with Gasteiger partial charge in [-0.1, -0.05) is 186 Å². The smallest absolute Gasteiger partial charge is 0.306 e. The van der Waals surface area contributed by atoms with E-state index >= 15 is 0 Å². The number of carbonyl (C=O) groups is 5. The van der Waals surface area contributed by atoms with Crippen LogP contribution in [0.4, 0.5) is 15.5 Å². The van der Waals surface area contributed by atoms with E-state index in [0.717, 1.165) is 180 Å². The van der Waals surface area contributed by atoms with Gasteiger partial charge in [-0.05, 0) is 103 Å². The molecule has 6 N–H and O–H groups in total. The molecule has 0 aliphatic heterocycles. The first-order valence-corrected chi connectivity index (χ1v) is 31.5. The van der Waals surface area contributed by atoms with Gasteiger partial charge in [0.2, 0.25) is 6.09 Å². The minimum absolute atomic E-state index is 0. The molecular weight excluding hydrogens is 1120 g/mol. The number of aliphatic hydroxyl groups is 2. The third-order valence-electron chi connectivity index (χ3n) is 13.7. The van der Waals surface area contributed by atoms with Gasteiger partial charge >= 0.3 is 17.9 Å². The summed E-state index contributed by atoms with van der Waals surface area (Å²) >= 11 is 0. The monoisotopic (exact) mass is 1230 g/mol. The maximum atomic E-state index is 12.9. The number of amides is 3. The van der Waals surface area contributed by atoms with Gasteiger partial charge in [0, 0.05) is 70.2 Å². The molecule has 3 amide bonds. The Hall–Kier alpha value is -3.93. The molecule has 82 heavy (non-hydrogen) atoms. The number of carbonyl (C=O) groups excluding carboxylic acids is 5. The van der Waals surface area contributed by atoms with Gasteiger partial charge in [0.1, 0.15) is 25.3 Å². The van der Waals surface area contributed by atoms with Gasteiger partial charge in [-0.25, -0.2) is 4.98 Å². The molecule has 18 heteroatoms. The van der Waals surface area contributed by atoms with Crippen LogP contribution >= 0.6 is 0 Å². The number of unbranched alkanes of at least 4 members (excludes halogenated alkanes) is 24. The van der Waals surface area contributed by atoms with Gasteiger partial charge in [-0.15, -0.1) is 0 Å². The molecule has 3 atom stereocenters. The number of esters is 3. The molecule has 0 aliphatic rings. The van der Waals surface area contributed by atoms with Gasteiger partial charge in [0.25, 0.3) is 5.56 Å². The largest absolute Gasteiger partial charge is 0.632 e. The van der Waals surface area contributed by atoms with E-state index in [1.54, 1.807) is 6.92 Å². The van der Waals surface area contributed by atoms with E-state index in [2.05, 4.69) is 67.2 Å². The molecular formula is C64H111N5O12Y-2. The number of allylic oxidation sites excluding steroid dienone is 3. The molecule has 469 valence electrons. The second-order valence-corrected chi connectivity index (χ2v) is 21.6. The van der Waals surface area contributed by atoms with Crippen molar-refractivity contribution in [3.63, 3.8) is 0 Å². The van der Waals surface area contributed by atoms with Crippen LogP contribution in [-0.2, 0) is 66.0 Å². The second kappa shape index (κ2) is 58.8. The van der Waals surface area contributed by atoms with E-state index in [1.165, 1.54) is 44.6 Å². The normalized spacial score (nSPS) is 12.8. The van der Waals surface area contributed by atoms with Crippen molar-refractivity contribution in [3.8, 4) is 0 Å². The van der Waals surface area contributed by atoms with Crippen LogP contribution in [0.25, 0.3) is 11.5 Å². The van der Waals surface area contributed by atoms with Crippen molar-refractivity contribution in [1.29, 1.82) is 0 Å². The average Bonchev–Trinajstić information content (AvgIpc) is 3.44. The number of H-pyrrole nitrogens is 1. The van der Waals surface area contributed by atoms with Crippen LogP contribution in [0.5, 0.6) is 0 Å². The molecule has 1 aromatic heterocycles. The molecule has 0 aromatic carbocycles. The van der Waals surface area contributed by atoms with E-state index in [0.29, 0.717) is 18.5 Å². The minimum Gasteiger partial charge on any atom is -0.632 e. The van der Waals surface area contributed by atoms with Crippen molar-refractivity contribution in [2.75, 3.05) is 18.5 Å². The number of nitrogens with one attached hydrogen (secondary N) is 4. The van der Waals surface area contributed by atoms with Gasteiger partial charge in [-0.3, -0.25) is 28.8 Å². The molecule has 0 bridgehead atoms. The topological polar surface area (TPSA) is 268 Å². The van der Waals surface area contributed by atoms with Gasteiger partial charge in [-0.2, -0.15) is 0 Å². The van der Waals surface area contributed by atoms with E-state index in [4.69, 9.17) is 30.4 Å². The fraction of sp³-hybridized carbons (Fsp3) is 0.766. The van der Waals surface area contributed by atoms with Crippen molar-refractivity contribution in [3.05, 3.63) is 70.0 Å². The first-order valence-electron chi connectivity index (χ1n) is 31.5. The number of nitrogens with zero attached hydrogens (tertiary/aromatic N) is 1. The number of aliphatic hydroxyl groups excluding tert-OH is 2. The Morgan fingerprint density at radius 2 is 0.915 bits per heavy atom. The van der Waals surface area contributed by atoms with Crippen LogP contribution in [0.1, 0.15) is 277 Å². The zero-order valence-electron chi connectivity index (χ0n) is 51.3. The molecule has 0 fully saturated rings. The van der Waals surface area contributed by atoms with Crippen LogP contribution in [-0.4, -0.2) is 87.8 Å². The molecule has 0 aliphatic carbocycles. The van der Waals surface area contributed by atoms with Crippen LogP contribution in [0, 0.1) is 6.92 Å². The fourth-order valence-electron chi connectivity index (χ4n) is 8.94. The summed E-state index contributed by atoms with van der Waals surface area (Å²) in [4.78, 5) is 76.4. The summed E-state index contributed by atoms with van der Waals surface area (Å²) in [5.41, 5.74) is 13.8. The molecule has 0 spiro atoms. The van der Waals surface area contributed by atoms with Gasteiger partial charge in [0.05, 0.1) is 12.2 Å². The molecule has 1 radical (unpaired) electrons. The Kier molecular flexibility index (Phi) is 57.5. The summed E-state index contributed by atoms with van der Waals surface area (Å²) in [6.45, 7) is 7.87. The standard InChI is InChI=1S/C58H105NO10.C6H8N4O2.Y/c1-4-7-10-31-40-51(60)42-33-25-19-13-16-22-28-37-46-55(62)66-49-54(50-67-56(63)47-38-29-23-17-14-20-26-34-43-52(61)41-32-11-8-5-2)68-57(64)48-39-30-24-18-15-21-27-36-45-53(69-58(59)65)44-35-12-9-6-3;1-3-2-4(11)9-6(8-3)10-5(7)12;/h25-27,33-34,36,51-54,60-61H,4-24,28-32,35,37-50H2,1-3H3,(H2,59,65);2H,1H3,(H4,7,8,9,10,11,12);/p-2/b33-25+,34-26+,36-27+;;. The maximum absolute atomic E-state index is 12.9. The van der Waals surface area contributed by atoms with E-state index < -0.39 is 24.2 Å². The van der Waals surface area contributed by atoms with Crippen molar-refractivity contribution in [1.82, 2.24) is 9.97 Å². The number of aromatic amines is 1. The number of aromatic nitrogens is 2. The quantitative estimate of drug-likeness (QED) is 0.0205. The Labute approximate surface area is 519 Å². The number of hydrogen-bond donors (Lipinski definition) is 4. The minimum atomic E-state index is -1.01. The summed E-state index contributed by atoms with van der Waals surface area (Å²) in [7, 11) is 0. The average molecular weight is 1230 g/mol. The zero-order valence-corrected chi connectivity index (χ0v) is 54.2. The predicted octanol–water partition coefficient (Wildman–Crippen LogP) is 16.9. The first kappa shape index (κ1) is 80.1. The number of hydrogen-bond acceptors (Lipinski definition) is 13.